The molecule has 0 radical (unpaired) electrons. The molecule has 0 N–H and O–H groups in total. The molecule has 0 saturated heterocycles. The lowest BCUT2D eigenvalue weighted by Gasteiger charge is -2.22. The Balaban J connectivity index is 2.63. The number of hydrogen-bond acceptors (Lipinski definition) is 3. The molecule has 0 spiro atoms. The van der Waals surface area contributed by atoms with Gasteiger partial charge < -0.3 is 0 Å². The predicted molar refractivity (Wildman–Crippen MR) is 58.7 cm³/mol. The van der Waals surface area contributed by atoms with Crippen LogP contribution in [0.2, 0.25) is 5.15 Å². The molecule has 96 valence electrons. The van der Waals surface area contributed by atoms with Gasteiger partial charge >= 0.3 is 6.18 Å². The van der Waals surface area contributed by atoms with E-state index in [1.165, 1.54) is 17.3 Å². The first-order valence-electron chi connectivity index (χ1n) is 5.16. The average molecular weight is 268 g/mol. The van der Waals surface area contributed by atoms with Gasteiger partial charge in [0.25, 0.3) is 0 Å². The number of aromatic nitrogens is 2. The van der Waals surface area contributed by atoms with Crippen LogP contribution in [0.3, 0.4) is 0 Å². The van der Waals surface area contributed by atoms with E-state index in [4.69, 9.17) is 11.6 Å². The van der Waals surface area contributed by atoms with Gasteiger partial charge in [0.05, 0.1) is 24.6 Å². The standard InChI is InChI=1S/C10H13ClF3N3/c1-2-3-17(7-10(12,13)14)6-8-4-16-9(11)5-15-8/h4-5H,2-3,6-7H2,1H3. The quantitative estimate of drug-likeness (QED) is 0.821. The van der Waals surface area contributed by atoms with Crippen molar-refractivity contribution >= 4 is 11.6 Å². The summed E-state index contributed by atoms with van der Waals surface area (Å²) in [6, 6.07) is 0. The Morgan fingerprint density at radius 2 is 2.00 bits per heavy atom. The zero-order chi connectivity index (χ0) is 12.9. The molecule has 0 atom stereocenters. The first-order chi connectivity index (χ1) is 7.90. The molecule has 0 aliphatic heterocycles. The fourth-order valence-corrected chi connectivity index (χ4v) is 1.53. The molecule has 0 unspecified atom stereocenters. The second kappa shape index (κ2) is 6.16. The normalized spacial score (nSPS) is 12.1. The third kappa shape index (κ3) is 5.83. The second-order valence-corrected chi connectivity index (χ2v) is 4.04. The highest BCUT2D eigenvalue weighted by atomic mass is 35.5. The van der Waals surface area contributed by atoms with E-state index in [0.717, 1.165) is 0 Å². The van der Waals surface area contributed by atoms with Crippen LogP contribution in [0.15, 0.2) is 12.4 Å². The summed E-state index contributed by atoms with van der Waals surface area (Å²) in [5.41, 5.74) is 0.479. The van der Waals surface area contributed by atoms with Crippen molar-refractivity contribution < 1.29 is 13.2 Å². The molecule has 3 nitrogen and oxygen atoms in total. The number of halogens is 4. The van der Waals surface area contributed by atoms with Crippen LogP contribution in [0.25, 0.3) is 0 Å². The highest BCUT2D eigenvalue weighted by molar-refractivity contribution is 6.29. The van der Waals surface area contributed by atoms with Crippen LogP contribution in [-0.2, 0) is 6.54 Å². The van der Waals surface area contributed by atoms with Gasteiger partial charge in [0.15, 0.2) is 0 Å². The number of rotatable bonds is 5. The summed E-state index contributed by atoms with van der Waals surface area (Å²) in [5.74, 6) is 0. The van der Waals surface area contributed by atoms with Crippen LogP contribution in [0.5, 0.6) is 0 Å². The fourth-order valence-electron chi connectivity index (χ4n) is 1.43. The fraction of sp³-hybridized carbons (Fsp3) is 0.600. The molecule has 0 saturated carbocycles. The second-order valence-electron chi connectivity index (χ2n) is 3.66. The molecule has 1 aromatic rings. The molecule has 1 rings (SSSR count). The summed E-state index contributed by atoms with van der Waals surface area (Å²) in [6.45, 7) is 1.38. The summed E-state index contributed by atoms with van der Waals surface area (Å²) in [7, 11) is 0. The van der Waals surface area contributed by atoms with Gasteiger partial charge in [-0.15, -0.1) is 0 Å². The van der Waals surface area contributed by atoms with E-state index in [9.17, 15) is 13.2 Å². The van der Waals surface area contributed by atoms with Crippen LogP contribution >= 0.6 is 11.6 Å². The highest BCUT2D eigenvalue weighted by Gasteiger charge is 2.30. The van der Waals surface area contributed by atoms with Crippen molar-refractivity contribution in [3.63, 3.8) is 0 Å². The van der Waals surface area contributed by atoms with Gasteiger partial charge in [-0.25, -0.2) is 4.98 Å². The van der Waals surface area contributed by atoms with Crippen LogP contribution in [0, 0.1) is 0 Å². The maximum atomic E-state index is 12.3. The van der Waals surface area contributed by atoms with E-state index in [2.05, 4.69) is 9.97 Å². The van der Waals surface area contributed by atoms with Crippen LogP contribution in [0.4, 0.5) is 13.2 Å². The lowest BCUT2D eigenvalue weighted by atomic mass is 10.3. The summed E-state index contributed by atoms with van der Waals surface area (Å²) < 4.78 is 36.9. The van der Waals surface area contributed by atoms with Crippen molar-refractivity contribution in [3.8, 4) is 0 Å². The molecule has 0 aromatic carbocycles. The van der Waals surface area contributed by atoms with Gasteiger partial charge in [-0.3, -0.25) is 9.88 Å². The third-order valence-electron chi connectivity index (χ3n) is 2.00. The Bertz CT molecular complexity index is 340. The molecule has 0 amide bonds. The number of nitrogens with zero attached hydrogens (tertiary/aromatic N) is 3. The van der Waals surface area contributed by atoms with Crippen molar-refractivity contribution in [2.75, 3.05) is 13.1 Å². The molecule has 1 heterocycles. The zero-order valence-electron chi connectivity index (χ0n) is 9.34. The number of alkyl halides is 3. The monoisotopic (exact) mass is 267 g/mol. The van der Waals surface area contributed by atoms with E-state index in [0.29, 0.717) is 18.7 Å². The molecule has 0 bridgehead atoms. The first kappa shape index (κ1) is 14.2. The minimum atomic E-state index is -4.20. The Kier molecular flexibility index (Phi) is 5.14. The summed E-state index contributed by atoms with van der Waals surface area (Å²) in [6.07, 6.45) is -0.831. The Morgan fingerprint density at radius 1 is 1.29 bits per heavy atom. The number of hydrogen-bond donors (Lipinski definition) is 0. The molecular formula is C10H13ClF3N3. The largest absolute Gasteiger partial charge is 0.401 e. The van der Waals surface area contributed by atoms with Crippen molar-refractivity contribution in [2.45, 2.75) is 26.1 Å². The van der Waals surface area contributed by atoms with E-state index >= 15 is 0 Å². The summed E-state index contributed by atoms with van der Waals surface area (Å²) >= 11 is 5.55. The molecule has 1 aromatic heterocycles. The molecule has 0 fully saturated rings. The predicted octanol–water partition coefficient (Wildman–Crippen LogP) is 2.90. The minimum Gasteiger partial charge on any atom is -0.289 e. The van der Waals surface area contributed by atoms with Crippen LogP contribution < -0.4 is 0 Å². The van der Waals surface area contributed by atoms with Gasteiger partial charge in [0.1, 0.15) is 5.15 Å². The zero-order valence-corrected chi connectivity index (χ0v) is 10.1. The van der Waals surface area contributed by atoms with Crippen LogP contribution in [-0.4, -0.2) is 34.1 Å². The Labute approximate surface area is 103 Å². The lowest BCUT2D eigenvalue weighted by molar-refractivity contribution is -0.147. The van der Waals surface area contributed by atoms with E-state index in [1.807, 2.05) is 6.92 Å². The van der Waals surface area contributed by atoms with Crippen molar-refractivity contribution in [1.82, 2.24) is 14.9 Å². The Morgan fingerprint density at radius 3 is 2.47 bits per heavy atom. The molecule has 7 heteroatoms. The SMILES string of the molecule is CCCN(Cc1cnc(Cl)cn1)CC(F)(F)F. The summed E-state index contributed by atoms with van der Waals surface area (Å²) in [4.78, 5) is 9.00. The molecular weight excluding hydrogens is 255 g/mol. The maximum absolute atomic E-state index is 12.3. The van der Waals surface area contributed by atoms with Crippen molar-refractivity contribution in [3.05, 3.63) is 23.2 Å². The first-order valence-corrected chi connectivity index (χ1v) is 5.54. The van der Waals surface area contributed by atoms with Gasteiger partial charge in [-0.2, -0.15) is 13.2 Å². The lowest BCUT2D eigenvalue weighted by Crippen LogP contribution is -2.34. The van der Waals surface area contributed by atoms with Gasteiger partial charge in [0.2, 0.25) is 0 Å². The molecule has 17 heavy (non-hydrogen) atoms. The smallest absolute Gasteiger partial charge is 0.289 e. The molecule has 0 aliphatic carbocycles. The van der Waals surface area contributed by atoms with Gasteiger partial charge in [-0.05, 0) is 13.0 Å². The van der Waals surface area contributed by atoms with Crippen LogP contribution in [0.1, 0.15) is 19.0 Å². The topological polar surface area (TPSA) is 29.0 Å². The van der Waals surface area contributed by atoms with Gasteiger partial charge in [0, 0.05) is 6.54 Å². The minimum absolute atomic E-state index is 0.123. The van der Waals surface area contributed by atoms with Crippen molar-refractivity contribution in [2.24, 2.45) is 0 Å². The van der Waals surface area contributed by atoms with E-state index in [1.54, 1.807) is 0 Å². The van der Waals surface area contributed by atoms with Crippen molar-refractivity contribution in [1.29, 1.82) is 0 Å². The molecule has 0 aliphatic rings. The maximum Gasteiger partial charge on any atom is 0.401 e. The summed E-state index contributed by atoms with van der Waals surface area (Å²) in [5, 5.41) is 0.228. The van der Waals surface area contributed by atoms with Gasteiger partial charge in [-0.1, -0.05) is 18.5 Å². The Hall–Kier alpha value is -0.880. The third-order valence-corrected chi connectivity index (χ3v) is 2.20. The van der Waals surface area contributed by atoms with E-state index < -0.39 is 12.7 Å². The highest BCUT2D eigenvalue weighted by Crippen LogP contribution is 2.18. The van der Waals surface area contributed by atoms with E-state index in [-0.39, 0.29) is 11.7 Å². The average Bonchev–Trinajstić information content (AvgIpc) is 2.19.